The standard InChI is InChI=1S/C11H15Cl2N3O4S/c1-21(17,18)20-4-2-8-7-19-5-3-16(8)10-6-9(12)14-11(13)15-10/h6,8H,2-5,7H2,1H3/t8-/m0/s1. The second-order valence-electron chi connectivity index (χ2n) is 4.55. The first-order valence-electron chi connectivity index (χ1n) is 6.24. The van der Waals surface area contributed by atoms with Gasteiger partial charge in [0.25, 0.3) is 10.1 Å². The molecule has 0 aliphatic carbocycles. The fourth-order valence-electron chi connectivity index (χ4n) is 2.06. The molecule has 7 nitrogen and oxygen atoms in total. The summed E-state index contributed by atoms with van der Waals surface area (Å²) >= 11 is 11.7. The highest BCUT2D eigenvalue weighted by molar-refractivity contribution is 7.85. The Kier molecular flexibility index (Phi) is 5.61. The molecule has 1 aromatic heterocycles. The maximum absolute atomic E-state index is 11.0. The lowest BCUT2D eigenvalue weighted by atomic mass is 10.1. The molecule has 1 aliphatic rings. The van der Waals surface area contributed by atoms with Gasteiger partial charge in [0, 0.05) is 12.6 Å². The first-order valence-corrected chi connectivity index (χ1v) is 8.81. The summed E-state index contributed by atoms with van der Waals surface area (Å²) in [6, 6.07) is 1.55. The van der Waals surface area contributed by atoms with Crippen molar-refractivity contribution < 1.29 is 17.3 Å². The largest absolute Gasteiger partial charge is 0.377 e. The number of anilines is 1. The monoisotopic (exact) mass is 355 g/mol. The van der Waals surface area contributed by atoms with Crippen LogP contribution in [-0.4, -0.2) is 57.0 Å². The minimum Gasteiger partial charge on any atom is -0.377 e. The minimum atomic E-state index is -3.45. The molecule has 0 spiro atoms. The molecule has 0 radical (unpaired) electrons. The highest BCUT2D eigenvalue weighted by Gasteiger charge is 2.25. The molecule has 1 aliphatic heterocycles. The third kappa shape index (κ3) is 5.23. The lowest BCUT2D eigenvalue weighted by Gasteiger charge is -2.36. The lowest BCUT2D eigenvalue weighted by molar-refractivity contribution is 0.0864. The molecule has 10 heteroatoms. The van der Waals surface area contributed by atoms with E-state index in [2.05, 4.69) is 9.97 Å². The summed E-state index contributed by atoms with van der Waals surface area (Å²) in [5.41, 5.74) is 0. The van der Waals surface area contributed by atoms with E-state index in [1.54, 1.807) is 6.07 Å². The molecular formula is C11H15Cl2N3O4S. The van der Waals surface area contributed by atoms with Crippen LogP contribution in [0.4, 0.5) is 5.82 Å². The van der Waals surface area contributed by atoms with Gasteiger partial charge in [-0.15, -0.1) is 0 Å². The van der Waals surface area contributed by atoms with Crippen LogP contribution in [0, 0.1) is 0 Å². The number of aromatic nitrogens is 2. The highest BCUT2D eigenvalue weighted by atomic mass is 35.5. The summed E-state index contributed by atoms with van der Waals surface area (Å²) in [6.07, 6.45) is 1.50. The number of nitrogens with zero attached hydrogens (tertiary/aromatic N) is 3. The van der Waals surface area contributed by atoms with E-state index >= 15 is 0 Å². The average molecular weight is 356 g/mol. The Balaban J connectivity index is 2.07. The number of hydrogen-bond acceptors (Lipinski definition) is 7. The van der Waals surface area contributed by atoms with Crippen LogP contribution in [0.25, 0.3) is 0 Å². The molecule has 2 rings (SSSR count). The number of hydrogen-bond donors (Lipinski definition) is 0. The zero-order valence-electron chi connectivity index (χ0n) is 11.3. The first-order chi connectivity index (χ1) is 9.85. The highest BCUT2D eigenvalue weighted by Crippen LogP contribution is 2.23. The smallest absolute Gasteiger partial charge is 0.264 e. The Labute approximate surface area is 133 Å². The van der Waals surface area contributed by atoms with Gasteiger partial charge in [0.15, 0.2) is 0 Å². The molecule has 1 saturated heterocycles. The molecule has 1 atom stereocenters. The van der Waals surface area contributed by atoms with Gasteiger partial charge in [-0.1, -0.05) is 11.6 Å². The predicted molar refractivity (Wildman–Crippen MR) is 79.4 cm³/mol. The Morgan fingerprint density at radius 3 is 2.90 bits per heavy atom. The summed E-state index contributed by atoms with van der Waals surface area (Å²) in [5.74, 6) is 0.590. The summed E-state index contributed by atoms with van der Waals surface area (Å²) in [6.45, 7) is 1.68. The zero-order chi connectivity index (χ0) is 15.5. The van der Waals surface area contributed by atoms with Crippen LogP contribution < -0.4 is 4.90 Å². The van der Waals surface area contributed by atoms with Crippen molar-refractivity contribution in [3.63, 3.8) is 0 Å². The molecule has 2 heterocycles. The quantitative estimate of drug-likeness (QED) is 0.448. The van der Waals surface area contributed by atoms with Crippen molar-refractivity contribution in [2.75, 3.05) is 37.5 Å². The maximum atomic E-state index is 11.0. The molecule has 0 bridgehead atoms. The topological polar surface area (TPSA) is 81.6 Å². The van der Waals surface area contributed by atoms with Gasteiger partial charge in [-0.25, -0.2) is 9.97 Å². The van der Waals surface area contributed by atoms with E-state index in [4.69, 9.17) is 32.1 Å². The molecule has 1 fully saturated rings. The molecule has 0 amide bonds. The Morgan fingerprint density at radius 2 is 2.24 bits per heavy atom. The van der Waals surface area contributed by atoms with Crippen molar-refractivity contribution in [1.29, 1.82) is 0 Å². The third-order valence-electron chi connectivity index (χ3n) is 2.92. The maximum Gasteiger partial charge on any atom is 0.264 e. The Morgan fingerprint density at radius 1 is 1.48 bits per heavy atom. The van der Waals surface area contributed by atoms with Crippen LogP contribution in [0.2, 0.25) is 10.4 Å². The zero-order valence-corrected chi connectivity index (χ0v) is 13.7. The van der Waals surface area contributed by atoms with Gasteiger partial charge >= 0.3 is 0 Å². The van der Waals surface area contributed by atoms with Crippen LogP contribution in [0.3, 0.4) is 0 Å². The van der Waals surface area contributed by atoms with E-state index in [1.165, 1.54) is 0 Å². The van der Waals surface area contributed by atoms with Crippen molar-refractivity contribution in [1.82, 2.24) is 9.97 Å². The van der Waals surface area contributed by atoms with Gasteiger partial charge < -0.3 is 9.64 Å². The van der Waals surface area contributed by atoms with Crippen LogP contribution in [0.1, 0.15) is 6.42 Å². The Hall–Kier alpha value is -0.670. The normalized spacial score (nSPS) is 19.8. The summed E-state index contributed by atoms with van der Waals surface area (Å²) in [4.78, 5) is 9.92. The first kappa shape index (κ1) is 16.7. The van der Waals surface area contributed by atoms with Crippen LogP contribution in [-0.2, 0) is 19.0 Å². The minimum absolute atomic E-state index is 0.0649. The van der Waals surface area contributed by atoms with Crippen LogP contribution in [0.15, 0.2) is 6.07 Å². The molecule has 0 saturated carbocycles. The molecule has 0 unspecified atom stereocenters. The SMILES string of the molecule is CS(=O)(=O)OCC[C@H]1COCCN1c1cc(Cl)nc(Cl)n1. The van der Waals surface area contributed by atoms with Gasteiger partial charge in [-0.05, 0) is 18.0 Å². The van der Waals surface area contributed by atoms with Gasteiger partial charge in [-0.2, -0.15) is 8.42 Å². The molecule has 1 aromatic rings. The fraction of sp³-hybridized carbons (Fsp3) is 0.636. The van der Waals surface area contributed by atoms with E-state index in [1.807, 2.05) is 4.90 Å². The van der Waals surface area contributed by atoms with Crippen molar-refractivity contribution in [3.8, 4) is 0 Å². The van der Waals surface area contributed by atoms with E-state index in [0.717, 1.165) is 6.26 Å². The average Bonchev–Trinajstić information content (AvgIpc) is 2.36. The molecule has 21 heavy (non-hydrogen) atoms. The van der Waals surface area contributed by atoms with E-state index < -0.39 is 10.1 Å². The van der Waals surface area contributed by atoms with Gasteiger partial charge in [0.05, 0.1) is 32.1 Å². The van der Waals surface area contributed by atoms with E-state index in [0.29, 0.717) is 32.0 Å². The second kappa shape index (κ2) is 7.06. The van der Waals surface area contributed by atoms with Crippen molar-refractivity contribution >= 4 is 39.1 Å². The lowest BCUT2D eigenvalue weighted by Crippen LogP contribution is -2.46. The molecular weight excluding hydrogens is 341 g/mol. The molecule has 0 N–H and O–H groups in total. The fourth-order valence-corrected chi connectivity index (χ4v) is 2.85. The van der Waals surface area contributed by atoms with Crippen molar-refractivity contribution in [3.05, 3.63) is 16.5 Å². The number of ether oxygens (including phenoxy) is 1. The van der Waals surface area contributed by atoms with Gasteiger partial charge in [0.2, 0.25) is 5.28 Å². The van der Waals surface area contributed by atoms with Crippen LogP contribution in [0.5, 0.6) is 0 Å². The molecule has 0 aromatic carbocycles. The van der Waals surface area contributed by atoms with Crippen molar-refractivity contribution in [2.24, 2.45) is 0 Å². The van der Waals surface area contributed by atoms with E-state index in [9.17, 15) is 8.42 Å². The van der Waals surface area contributed by atoms with Gasteiger partial charge in [0.1, 0.15) is 11.0 Å². The van der Waals surface area contributed by atoms with Crippen molar-refractivity contribution in [2.45, 2.75) is 12.5 Å². The van der Waals surface area contributed by atoms with E-state index in [-0.39, 0.29) is 23.1 Å². The third-order valence-corrected chi connectivity index (χ3v) is 3.88. The second-order valence-corrected chi connectivity index (χ2v) is 6.92. The molecule has 118 valence electrons. The summed E-state index contributed by atoms with van der Waals surface area (Å²) in [5, 5.41) is 0.317. The summed E-state index contributed by atoms with van der Waals surface area (Å²) < 4.78 is 32.2. The van der Waals surface area contributed by atoms with Gasteiger partial charge in [-0.3, -0.25) is 4.18 Å². The van der Waals surface area contributed by atoms with Crippen LogP contribution >= 0.6 is 23.2 Å². The number of morpholine rings is 1. The Bertz CT molecular complexity index is 579. The number of halogens is 2. The number of rotatable bonds is 5. The predicted octanol–water partition coefficient (Wildman–Crippen LogP) is 1.35. The summed E-state index contributed by atoms with van der Waals surface area (Å²) in [7, 11) is -3.45.